The van der Waals surface area contributed by atoms with Gasteiger partial charge in [-0.25, -0.2) is 0 Å². The van der Waals surface area contributed by atoms with Crippen LogP contribution in [0.3, 0.4) is 0 Å². The van der Waals surface area contributed by atoms with Crippen molar-refractivity contribution in [3.05, 3.63) is 0 Å². The molecule has 1 saturated heterocycles. The zero-order chi connectivity index (χ0) is 16.2. The third kappa shape index (κ3) is 5.24. The van der Waals surface area contributed by atoms with E-state index in [1.807, 2.05) is 13.8 Å². The summed E-state index contributed by atoms with van der Waals surface area (Å²) in [6.45, 7) is 9.85. The summed E-state index contributed by atoms with van der Waals surface area (Å²) >= 11 is 0. The number of carbonyl (C=O) groups excluding carboxylic acids is 1. The highest BCUT2D eigenvalue weighted by molar-refractivity contribution is 5.77. The van der Waals surface area contributed by atoms with E-state index in [1.54, 1.807) is 0 Å². The molecule has 0 aromatic carbocycles. The normalized spacial score (nSPS) is 33.9. The van der Waals surface area contributed by atoms with Crippen LogP contribution in [0.25, 0.3) is 0 Å². The van der Waals surface area contributed by atoms with Gasteiger partial charge in [-0.05, 0) is 56.9 Å². The second-order valence-corrected chi connectivity index (χ2v) is 8.05. The minimum absolute atomic E-state index is 0.0598. The molecule has 2 aliphatic rings. The molecule has 0 aromatic rings. The van der Waals surface area contributed by atoms with Crippen molar-refractivity contribution >= 4 is 5.91 Å². The first-order valence-electron chi connectivity index (χ1n) is 9.10. The molecule has 1 heterocycles. The zero-order valence-corrected chi connectivity index (χ0v) is 14.6. The molecule has 2 fully saturated rings. The highest BCUT2D eigenvalue weighted by Crippen LogP contribution is 2.33. The first-order chi connectivity index (χ1) is 10.4. The molecule has 1 unspecified atom stereocenters. The maximum Gasteiger partial charge on any atom is 0.222 e. The fourth-order valence-electron chi connectivity index (χ4n) is 3.78. The Morgan fingerprint density at radius 1 is 1.32 bits per heavy atom. The number of nitrogens with zero attached hydrogens (tertiary/aromatic N) is 1. The topological polar surface area (TPSA) is 52.6 Å². The summed E-state index contributed by atoms with van der Waals surface area (Å²) in [7, 11) is 0. The standard InChI is InChI=1S/C18H34N2O2/c1-14(2)17(21)19-11-16-5-4-10-20(12-16)13-18(22)8-6-15(3)7-9-18/h14-16,22H,4-13H2,1-3H3,(H,19,21). The van der Waals surface area contributed by atoms with Crippen LogP contribution in [0.2, 0.25) is 0 Å². The molecule has 1 atom stereocenters. The first kappa shape index (κ1) is 17.7. The van der Waals surface area contributed by atoms with Crippen molar-refractivity contribution in [3.63, 3.8) is 0 Å². The van der Waals surface area contributed by atoms with Crippen LogP contribution in [-0.4, -0.2) is 47.7 Å². The lowest BCUT2D eigenvalue weighted by atomic mass is 9.79. The Labute approximate surface area is 135 Å². The second-order valence-electron chi connectivity index (χ2n) is 8.05. The summed E-state index contributed by atoms with van der Waals surface area (Å²) in [4.78, 5) is 14.1. The number of piperidine rings is 1. The van der Waals surface area contributed by atoms with E-state index in [-0.39, 0.29) is 11.8 Å². The number of β-amino-alcohol motifs (C(OH)–C–C–N with tert-alkyl or cyclic N) is 1. The van der Waals surface area contributed by atoms with E-state index < -0.39 is 5.60 Å². The number of carbonyl (C=O) groups is 1. The Morgan fingerprint density at radius 2 is 2.00 bits per heavy atom. The van der Waals surface area contributed by atoms with Crippen molar-refractivity contribution in [2.75, 3.05) is 26.2 Å². The molecule has 2 N–H and O–H groups in total. The summed E-state index contributed by atoms with van der Waals surface area (Å²) in [5, 5.41) is 13.9. The Kier molecular flexibility index (Phi) is 6.27. The maximum atomic E-state index is 11.7. The van der Waals surface area contributed by atoms with Gasteiger partial charge in [-0.15, -0.1) is 0 Å². The van der Waals surface area contributed by atoms with E-state index in [1.165, 1.54) is 12.8 Å². The lowest BCUT2D eigenvalue weighted by Crippen LogP contribution is -2.49. The van der Waals surface area contributed by atoms with Crippen molar-refractivity contribution in [1.29, 1.82) is 0 Å². The highest BCUT2D eigenvalue weighted by Gasteiger charge is 2.34. The minimum atomic E-state index is -0.477. The van der Waals surface area contributed by atoms with Gasteiger partial charge in [-0.2, -0.15) is 0 Å². The van der Waals surface area contributed by atoms with E-state index in [0.29, 0.717) is 5.92 Å². The predicted octanol–water partition coefficient (Wildman–Crippen LogP) is 2.41. The molecule has 4 nitrogen and oxygen atoms in total. The van der Waals surface area contributed by atoms with Crippen molar-refractivity contribution in [1.82, 2.24) is 10.2 Å². The van der Waals surface area contributed by atoms with Gasteiger partial charge in [0.25, 0.3) is 0 Å². The molecule has 128 valence electrons. The van der Waals surface area contributed by atoms with Crippen molar-refractivity contribution < 1.29 is 9.90 Å². The average molecular weight is 310 g/mol. The van der Waals surface area contributed by atoms with E-state index in [2.05, 4.69) is 17.1 Å². The van der Waals surface area contributed by atoms with Gasteiger partial charge in [-0.1, -0.05) is 20.8 Å². The van der Waals surface area contributed by atoms with Crippen LogP contribution in [0.5, 0.6) is 0 Å². The molecule has 1 saturated carbocycles. The molecule has 0 radical (unpaired) electrons. The number of rotatable bonds is 5. The van der Waals surface area contributed by atoms with Gasteiger partial charge in [0.1, 0.15) is 0 Å². The summed E-state index contributed by atoms with van der Waals surface area (Å²) in [5.74, 6) is 1.50. The maximum absolute atomic E-state index is 11.7. The van der Waals surface area contributed by atoms with Gasteiger partial charge in [0.05, 0.1) is 5.60 Å². The van der Waals surface area contributed by atoms with Crippen LogP contribution >= 0.6 is 0 Å². The summed E-state index contributed by atoms with van der Waals surface area (Å²) in [6, 6.07) is 0. The number of hydrogen-bond donors (Lipinski definition) is 2. The first-order valence-corrected chi connectivity index (χ1v) is 9.10. The molecule has 1 amide bonds. The second kappa shape index (κ2) is 7.78. The van der Waals surface area contributed by atoms with Crippen LogP contribution in [0, 0.1) is 17.8 Å². The molecule has 4 heteroatoms. The Balaban J connectivity index is 1.77. The van der Waals surface area contributed by atoms with Gasteiger partial charge < -0.3 is 15.3 Å². The fourth-order valence-corrected chi connectivity index (χ4v) is 3.78. The van der Waals surface area contributed by atoms with Crippen molar-refractivity contribution in [2.24, 2.45) is 17.8 Å². The molecule has 1 aliphatic heterocycles. The lowest BCUT2D eigenvalue weighted by molar-refractivity contribution is -0.124. The molecule has 2 rings (SSSR count). The molecule has 0 aromatic heterocycles. The van der Waals surface area contributed by atoms with Crippen LogP contribution in [-0.2, 0) is 4.79 Å². The van der Waals surface area contributed by atoms with E-state index in [9.17, 15) is 9.90 Å². The highest BCUT2D eigenvalue weighted by atomic mass is 16.3. The summed E-state index contributed by atoms with van der Waals surface area (Å²) < 4.78 is 0. The molecule has 1 aliphatic carbocycles. The zero-order valence-electron chi connectivity index (χ0n) is 14.6. The molecule has 22 heavy (non-hydrogen) atoms. The van der Waals surface area contributed by atoms with E-state index >= 15 is 0 Å². The molecule has 0 bridgehead atoms. The number of likely N-dealkylation sites (tertiary alicyclic amines) is 1. The number of amides is 1. The van der Waals surface area contributed by atoms with Crippen LogP contribution in [0.1, 0.15) is 59.3 Å². The Hall–Kier alpha value is -0.610. The van der Waals surface area contributed by atoms with Crippen molar-refractivity contribution in [2.45, 2.75) is 64.9 Å². The number of aliphatic hydroxyl groups is 1. The van der Waals surface area contributed by atoms with E-state index in [4.69, 9.17) is 0 Å². The lowest BCUT2D eigenvalue weighted by Gasteiger charge is -2.41. The third-order valence-electron chi connectivity index (χ3n) is 5.42. The van der Waals surface area contributed by atoms with Gasteiger partial charge in [-0.3, -0.25) is 4.79 Å². The van der Waals surface area contributed by atoms with Crippen LogP contribution in [0.15, 0.2) is 0 Å². The predicted molar refractivity (Wildman–Crippen MR) is 89.6 cm³/mol. The van der Waals surface area contributed by atoms with E-state index in [0.717, 1.165) is 57.8 Å². The summed E-state index contributed by atoms with van der Waals surface area (Å²) in [6.07, 6.45) is 6.55. The smallest absolute Gasteiger partial charge is 0.222 e. The van der Waals surface area contributed by atoms with Gasteiger partial charge in [0.2, 0.25) is 5.91 Å². The largest absolute Gasteiger partial charge is 0.389 e. The van der Waals surface area contributed by atoms with Gasteiger partial charge in [0, 0.05) is 25.6 Å². The summed E-state index contributed by atoms with van der Waals surface area (Å²) in [5.41, 5.74) is -0.477. The Bertz CT molecular complexity index is 362. The molecule has 0 spiro atoms. The Morgan fingerprint density at radius 3 is 2.64 bits per heavy atom. The quantitative estimate of drug-likeness (QED) is 0.820. The number of hydrogen-bond acceptors (Lipinski definition) is 3. The minimum Gasteiger partial charge on any atom is -0.389 e. The fraction of sp³-hybridized carbons (Fsp3) is 0.944. The average Bonchev–Trinajstić information content (AvgIpc) is 2.48. The molecular formula is C18H34N2O2. The monoisotopic (exact) mass is 310 g/mol. The SMILES string of the molecule is CC1CCC(O)(CN2CCCC(CNC(=O)C(C)C)C2)CC1. The van der Waals surface area contributed by atoms with Gasteiger partial charge >= 0.3 is 0 Å². The van der Waals surface area contributed by atoms with Crippen LogP contribution < -0.4 is 5.32 Å². The third-order valence-corrected chi connectivity index (χ3v) is 5.42. The van der Waals surface area contributed by atoms with Crippen LogP contribution in [0.4, 0.5) is 0 Å². The van der Waals surface area contributed by atoms with Crippen molar-refractivity contribution in [3.8, 4) is 0 Å². The molecular weight excluding hydrogens is 276 g/mol. The van der Waals surface area contributed by atoms with Gasteiger partial charge in [0.15, 0.2) is 0 Å². The number of nitrogens with one attached hydrogen (secondary N) is 1.